The molecule has 0 amide bonds. The summed E-state index contributed by atoms with van der Waals surface area (Å²) >= 11 is 0. The van der Waals surface area contributed by atoms with Gasteiger partial charge in [0.25, 0.3) is 0 Å². The molecule has 6 nitrogen and oxygen atoms in total. The summed E-state index contributed by atoms with van der Waals surface area (Å²) in [4.78, 5) is 6.93. The van der Waals surface area contributed by atoms with Gasteiger partial charge >= 0.3 is 0 Å². The Hall–Kier alpha value is -0.770. The fraction of sp³-hybridized carbons (Fsp3) is 0.737. The molecule has 0 aromatic carbocycles. The zero-order valence-corrected chi connectivity index (χ0v) is 19.5. The summed E-state index contributed by atoms with van der Waals surface area (Å²) in [5.41, 5.74) is 0. The summed E-state index contributed by atoms with van der Waals surface area (Å²) < 4.78 is 30.4. The van der Waals surface area contributed by atoms with E-state index in [-0.39, 0.29) is 35.8 Å². The zero-order valence-electron chi connectivity index (χ0n) is 16.3. The molecule has 1 aliphatic carbocycles. The Labute approximate surface area is 180 Å². The summed E-state index contributed by atoms with van der Waals surface area (Å²) in [6.07, 6.45) is 7.15. The van der Waals surface area contributed by atoms with Crippen molar-refractivity contribution in [1.29, 1.82) is 0 Å². The Kier molecular flexibility index (Phi) is 8.03. The molecule has 1 saturated carbocycles. The summed E-state index contributed by atoms with van der Waals surface area (Å²) in [5.74, 6) is 1.97. The van der Waals surface area contributed by atoms with Crippen LogP contribution in [0.3, 0.4) is 0 Å². The highest BCUT2D eigenvalue weighted by atomic mass is 127. The summed E-state index contributed by atoms with van der Waals surface area (Å²) in [6.45, 7) is 5.87. The quantitative estimate of drug-likeness (QED) is 0.383. The van der Waals surface area contributed by atoms with E-state index in [0.29, 0.717) is 19.6 Å². The van der Waals surface area contributed by atoms with Crippen LogP contribution < -0.4 is 5.32 Å². The molecule has 1 saturated heterocycles. The number of halogens is 1. The number of hydrogen-bond donors (Lipinski definition) is 1. The van der Waals surface area contributed by atoms with Crippen LogP contribution >= 0.6 is 24.0 Å². The van der Waals surface area contributed by atoms with Crippen LogP contribution in [0.1, 0.15) is 51.7 Å². The van der Waals surface area contributed by atoms with Crippen LogP contribution in [0.15, 0.2) is 27.8 Å². The molecule has 154 valence electrons. The van der Waals surface area contributed by atoms with Gasteiger partial charge in [0.2, 0.25) is 0 Å². The van der Waals surface area contributed by atoms with Gasteiger partial charge in [0.15, 0.2) is 15.8 Å². The van der Waals surface area contributed by atoms with Crippen molar-refractivity contribution in [2.75, 3.05) is 25.4 Å². The van der Waals surface area contributed by atoms with Gasteiger partial charge < -0.3 is 14.6 Å². The lowest BCUT2D eigenvalue weighted by molar-refractivity contribution is 0.272. The first kappa shape index (κ1) is 22.5. The fourth-order valence-corrected chi connectivity index (χ4v) is 6.20. The largest absolute Gasteiger partial charge is 0.469 e. The van der Waals surface area contributed by atoms with Crippen LogP contribution in [0.2, 0.25) is 0 Å². The number of rotatable bonds is 4. The smallest absolute Gasteiger partial charge is 0.194 e. The lowest BCUT2D eigenvalue weighted by Crippen LogP contribution is -2.60. The summed E-state index contributed by atoms with van der Waals surface area (Å²) in [7, 11) is -3.04. The van der Waals surface area contributed by atoms with Crippen molar-refractivity contribution >= 4 is 39.8 Å². The molecule has 3 rings (SSSR count). The van der Waals surface area contributed by atoms with Gasteiger partial charge in [0.05, 0.1) is 16.8 Å². The van der Waals surface area contributed by atoms with Gasteiger partial charge in [-0.25, -0.2) is 8.42 Å². The van der Waals surface area contributed by atoms with E-state index in [1.54, 1.807) is 6.26 Å². The number of aliphatic imine (C=N–C) groups is 1. The Bertz CT molecular complexity index is 711. The molecule has 0 radical (unpaired) electrons. The first-order chi connectivity index (χ1) is 12.4. The zero-order chi connectivity index (χ0) is 18.6. The molecule has 2 fully saturated rings. The maximum Gasteiger partial charge on any atom is 0.194 e. The van der Waals surface area contributed by atoms with Gasteiger partial charge in [-0.15, -0.1) is 24.0 Å². The molecule has 1 N–H and O–H groups in total. The predicted octanol–water partition coefficient (Wildman–Crippen LogP) is 3.23. The first-order valence-electron chi connectivity index (χ1n) is 9.72. The molecule has 2 heterocycles. The van der Waals surface area contributed by atoms with Gasteiger partial charge in [-0.3, -0.25) is 4.99 Å². The van der Waals surface area contributed by atoms with Crippen LogP contribution in [-0.2, 0) is 16.3 Å². The molecular formula is C19H32IN3O3S. The second-order valence-electron chi connectivity index (χ2n) is 7.82. The van der Waals surface area contributed by atoms with Gasteiger partial charge in [0.1, 0.15) is 5.76 Å². The SMILES string of the molecule is CC(C)NC(=NCCc1ccco1)N1CCS(=O)(=O)C2(CCCCC2)C1.I. The van der Waals surface area contributed by atoms with Crippen molar-refractivity contribution in [3.05, 3.63) is 24.2 Å². The van der Waals surface area contributed by atoms with E-state index in [2.05, 4.69) is 24.1 Å². The maximum atomic E-state index is 12.8. The number of guanidine groups is 1. The Morgan fingerprint density at radius 2 is 2.07 bits per heavy atom. The molecular weight excluding hydrogens is 477 g/mol. The van der Waals surface area contributed by atoms with E-state index < -0.39 is 14.6 Å². The van der Waals surface area contributed by atoms with Crippen molar-refractivity contribution in [2.45, 2.75) is 63.2 Å². The molecule has 0 atom stereocenters. The highest BCUT2D eigenvalue weighted by molar-refractivity contribution is 14.0. The van der Waals surface area contributed by atoms with E-state index in [1.165, 1.54) is 0 Å². The van der Waals surface area contributed by atoms with Crippen LogP contribution in [0, 0.1) is 0 Å². The number of sulfone groups is 1. The van der Waals surface area contributed by atoms with Gasteiger partial charge in [0, 0.05) is 32.1 Å². The van der Waals surface area contributed by atoms with Crippen LogP contribution in [0.4, 0.5) is 0 Å². The minimum Gasteiger partial charge on any atom is -0.469 e. The van der Waals surface area contributed by atoms with Crippen molar-refractivity contribution in [3.63, 3.8) is 0 Å². The molecule has 1 spiro atoms. The summed E-state index contributed by atoms with van der Waals surface area (Å²) in [6, 6.07) is 4.09. The minimum absolute atomic E-state index is 0. The molecule has 1 aromatic heterocycles. The van der Waals surface area contributed by atoms with Crippen molar-refractivity contribution < 1.29 is 12.8 Å². The van der Waals surface area contributed by atoms with Crippen LogP contribution in [-0.4, -0.2) is 55.5 Å². The van der Waals surface area contributed by atoms with E-state index >= 15 is 0 Å². The standard InChI is InChI=1S/C19H31N3O3S.HI/c1-16(2)21-18(20-11-8-17-7-6-13-25-17)22-12-14-26(23,24)19(15-22)9-4-3-5-10-19;/h6-7,13,16H,3-5,8-12,14-15H2,1-2H3,(H,20,21);1H. The number of nitrogens with zero attached hydrogens (tertiary/aromatic N) is 2. The van der Waals surface area contributed by atoms with Crippen molar-refractivity contribution in [2.24, 2.45) is 4.99 Å². The van der Waals surface area contributed by atoms with Crippen molar-refractivity contribution in [1.82, 2.24) is 10.2 Å². The average molecular weight is 509 g/mol. The third kappa shape index (κ3) is 5.40. The maximum absolute atomic E-state index is 12.8. The average Bonchev–Trinajstić information content (AvgIpc) is 3.11. The molecule has 1 aromatic rings. The van der Waals surface area contributed by atoms with Crippen LogP contribution in [0.25, 0.3) is 0 Å². The second-order valence-corrected chi connectivity index (χ2v) is 10.3. The topological polar surface area (TPSA) is 74.9 Å². The monoisotopic (exact) mass is 509 g/mol. The Morgan fingerprint density at radius 3 is 2.70 bits per heavy atom. The molecule has 8 heteroatoms. The van der Waals surface area contributed by atoms with Gasteiger partial charge in [-0.05, 0) is 38.8 Å². The van der Waals surface area contributed by atoms with Crippen LogP contribution in [0.5, 0.6) is 0 Å². The number of hydrogen-bond acceptors (Lipinski definition) is 4. The molecule has 0 bridgehead atoms. The van der Waals surface area contributed by atoms with E-state index in [9.17, 15) is 8.42 Å². The Morgan fingerprint density at radius 1 is 1.33 bits per heavy atom. The van der Waals surface area contributed by atoms with Gasteiger partial charge in [-0.2, -0.15) is 0 Å². The van der Waals surface area contributed by atoms with Crippen molar-refractivity contribution in [3.8, 4) is 0 Å². The molecule has 1 aliphatic heterocycles. The third-order valence-corrected chi connectivity index (χ3v) is 8.03. The molecule has 27 heavy (non-hydrogen) atoms. The first-order valence-corrected chi connectivity index (χ1v) is 11.4. The fourth-order valence-electron chi connectivity index (χ4n) is 4.04. The number of furan rings is 1. The lowest BCUT2D eigenvalue weighted by atomic mass is 9.87. The van der Waals surface area contributed by atoms with Gasteiger partial charge in [-0.1, -0.05) is 19.3 Å². The minimum atomic E-state index is -3.04. The Balaban J connectivity index is 0.00000261. The predicted molar refractivity (Wildman–Crippen MR) is 120 cm³/mol. The number of nitrogens with one attached hydrogen (secondary N) is 1. The molecule has 2 aliphatic rings. The van der Waals surface area contributed by atoms with E-state index in [4.69, 9.17) is 9.41 Å². The van der Waals surface area contributed by atoms with E-state index in [0.717, 1.165) is 50.2 Å². The highest BCUT2D eigenvalue weighted by Crippen LogP contribution is 2.38. The van der Waals surface area contributed by atoms with E-state index in [1.807, 2.05) is 12.1 Å². The molecule has 0 unspecified atom stereocenters. The highest BCUT2D eigenvalue weighted by Gasteiger charge is 2.48. The summed E-state index contributed by atoms with van der Waals surface area (Å²) in [5, 5.41) is 3.43. The normalized spacial score (nSPS) is 21.9. The lowest BCUT2D eigenvalue weighted by Gasteiger charge is -2.45. The third-order valence-electron chi connectivity index (χ3n) is 5.45. The second kappa shape index (κ2) is 9.62.